The fourth-order valence-electron chi connectivity index (χ4n) is 2.45. The predicted octanol–water partition coefficient (Wildman–Crippen LogP) is 4.04. The maximum atomic E-state index is 5.47. The molecule has 0 atom stereocenters. The summed E-state index contributed by atoms with van der Waals surface area (Å²) >= 11 is 0. The Morgan fingerprint density at radius 1 is 0.864 bits per heavy atom. The molecule has 0 unspecified atom stereocenters. The van der Waals surface area contributed by atoms with Crippen molar-refractivity contribution in [2.24, 2.45) is 4.99 Å². The molecule has 0 radical (unpaired) electrons. The Labute approximate surface area is 130 Å². The van der Waals surface area contributed by atoms with E-state index in [0.29, 0.717) is 0 Å². The van der Waals surface area contributed by atoms with E-state index in [-0.39, 0.29) is 6.04 Å². The maximum Gasteiger partial charge on any atom is 0.168 e. The number of rotatable bonds is 4. The summed E-state index contributed by atoms with van der Waals surface area (Å²) in [7, 11) is 1.76. The third kappa shape index (κ3) is 3.09. The fraction of sp³-hybridized carbons (Fsp3) is 0.105. The molecule has 3 aromatic rings. The molecule has 0 aliphatic carbocycles. The van der Waals surface area contributed by atoms with Gasteiger partial charge >= 0.3 is 0 Å². The van der Waals surface area contributed by atoms with Crippen molar-refractivity contribution in [1.82, 2.24) is 5.32 Å². The van der Waals surface area contributed by atoms with Gasteiger partial charge in [-0.05, 0) is 23.3 Å². The van der Waals surface area contributed by atoms with Gasteiger partial charge in [-0.25, -0.2) is 0 Å². The molecule has 0 aliphatic heterocycles. The lowest BCUT2D eigenvalue weighted by molar-refractivity contribution is 0.550. The van der Waals surface area contributed by atoms with Crippen LogP contribution < -0.4 is 5.32 Å². The molecule has 0 saturated heterocycles. The summed E-state index contributed by atoms with van der Waals surface area (Å²) in [6.45, 7) is 0. The second-order valence-electron chi connectivity index (χ2n) is 4.95. The molecule has 2 aromatic carbocycles. The normalized spacial score (nSPS) is 11.6. The van der Waals surface area contributed by atoms with Crippen LogP contribution >= 0.6 is 0 Å². The molecule has 1 heterocycles. The van der Waals surface area contributed by atoms with Crippen molar-refractivity contribution in [1.29, 1.82) is 0 Å². The van der Waals surface area contributed by atoms with Gasteiger partial charge in [0.25, 0.3) is 0 Å². The number of hydrogen-bond acceptors (Lipinski definition) is 2. The van der Waals surface area contributed by atoms with Gasteiger partial charge in [0.15, 0.2) is 11.6 Å². The van der Waals surface area contributed by atoms with E-state index in [4.69, 9.17) is 4.42 Å². The fourth-order valence-corrected chi connectivity index (χ4v) is 2.45. The van der Waals surface area contributed by atoms with Gasteiger partial charge in [-0.3, -0.25) is 4.99 Å². The van der Waals surface area contributed by atoms with Crippen molar-refractivity contribution in [3.8, 4) is 0 Å². The molecule has 110 valence electrons. The summed E-state index contributed by atoms with van der Waals surface area (Å²) in [4.78, 5) is 4.33. The quantitative estimate of drug-likeness (QED) is 0.582. The molecule has 3 nitrogen and oxygen atoms in total. The van der Waals surface area contributed by atoms with Crippen molar-refractivity contribution in [3.63, 3.8) is 0 Å². The lowest BCUT2D eigenvalue weighted by atomic mass is 9.98. The van der Waals surface area contributed by atoms with Crippen LogP contribution in [0.2, 0.25) is 0 Å². The zero-order valence-electron chi connectivity index (χ0n) is 12.4. The molecular weight excluding hydrogens is 272 g/mol. The Kier molecular flexibility index (Phi) is 4.35. The minimum Gasteiger partial charge on any atom is -0.461 e. The first-order valence-electron chi connectivity index (χ1n) is 7.25. The molecule has 3 rings (SSSR count). The highest BCUT2D eigenvalue weighted by molar-refractivity contribution is 5.96. The zero-order chi connectivity index (χ0) is 15.2. The van der Waals surface area contributed by atoms with Gasteiger partial charge in [-0.1, -0.05) is 60.7 Å². The van der Waals surface area contributed by atoms with Gasteiger partial charge in [0.1, 0.15) is 0 Å². The standard InChI is InChI=1S/C19H18N2O/c1-20-19(17-13-8-14-22-17)21-18(15-9-4-2-5-10-15)16-11-6-3-7-12-16/h2-14,18H,1H3,(H,20,21). The average molecular weight is 290 g/mol. The first-order chi connectivity index (χ1) is 10.9. The minimum absolute atomic E-state index is 0.0196. The molecule has 0 bridgehead atoms. The van der Waals surface area contributed by atoms with Crippen LogP contribution in [0.3, 0.4) is 0 Å². The van der Waals surface area contributed by atoms with Gasteiger partial charge in [-0.15, -0.1) is 0 Å². The summed E-state index contributed by atoms with van der Waals surface area (Å²) in [6.07, 6.45) is 1.65. The van der Waals surface area contributed by atoms with E-state index in [1.807, 2.05) is 48.5 Å². The van der Waals surface area contributed by atoms with E-state index in [9.17, 15) is 0 Å². The van der Waals surface area contributed by atoms with E-state index in [0.717, 1.165) is 11.6 Å². The van der Waals surface area contributed by atoms with Crippen LogP contribution in [-0.2, 0) is 0 Å². The van der Waals surface area contributed by atoms with Crippen LogP contribution in [-0.4, -0.2) is 12.9 Å². The highest BCUT2D eigenvalue weighted by Gasteiger charge is 2.17. The van der Waals surface area contributed by atoms with Gasteiger partial charge < -0.3 is 9.73 Å². The van der Waals surface area contributed by atoms with Gasteiger partial charge in [-0.2, -0.15) is 0 Å². The minimum atomic E-state index is 0.0196. The Morgan fingerprint density at radius 2 is 1.45 bits per heavy atom. The van der Waals surface area contributed by atoms with Crippen molar-refractivity contribution in [3.05, 3.63) is 95.9 Å². The average Bonchev–Trinajstić information content (AvgIpc) is 3.12. The van der Waals surface area contributed by atoms with Gasteiger partial charge in [0, 0.05) is 7.05 Å². The lowest BCUT2D eigenvalue weighted by Crippen LogP contribution is -2.29. The molecule has 1 aromatic heterocycles. The van der Waals surface area contributed by atoms with Crippen LogP contribution in [0.1, 0.15) is 22.9 Å². The van der Waals surface area contributed by atoms with Crippen molar-refractivity contribution in [2.75, 3.05) is 7.05 Å². The first kappa shape index (κ1) is 14.1. The lowest BCUT2D eigenvalue weighted by Gasteiger charge is -2.21. The second kappa shape index (κ2) is 6.76. The van der Waals surface area contributed by atoms with Crippen LogP contribution in [0.4, 0.5) is 0 Å². The third-order valence-corrected chi connectivity index (χ3v) is 3.53. The summed E-state index contributed by atoms with van der Waals surface area (Å²) < 4.78 is 5.47. The van der Waals surface area contributed by atoms with Crippen molar-refractivity contribution < 1.29 is 4.42 Å². The second-order valence-corrected chi connectivity index (χ2v) is 4.95. The number of nitrogens with zero attached hydrogens (tertiary/aromatic N) is 1. The van der Waals surface area contributed by atoms with Crippen LogP contribution in [0.5, 0.6) is 0 Å². The van der Waals surface area contributed by atoms with E-state index in [1.165, 1.54) is 11.1 Å². The summed E-state index contributed by atoms with van der Waals surface area (Å²) in [5.74, 6) is 1.47. The van der Waals surface area contributed by atoms with Crippen molar-refractivity contribution in [2.45, 2.75) is 6.04 Å². The number of furan rings is 1. The Hall–Kier alpha value is -2.81. The molecule has 22 heavy (non-hydrogen) atoms. The molecule has 3 heteroatoms. The monoisotopic (exact) mass is 290 g/mol. The summed E-state index contributed by atoms with van der Waals surface area (Å²) in [6, 6.07) is 24.5. The first-order valence-corrected chi connectivity index (χ1v) is 7.25. The SMILES string of the molecule is CN=C(NC(c1ccccc1)c1ccccc1)c1ccco1. The maximum absolute atomic E-state index is 5.47. The molecule has 1 N–H and O–H groups in total. The predicted molar refractivity (Wildman–Crippen MR) is 89.0 cm³/mol. The topological polar surface area (TPSA) is 37.5 Å². The highest BCUT2D eigenvalue weighted by Crippen LogP contribution is 2.22. The van der Waals surface area contributed by atoms with E-state index in [1.54, 1.807) is 13.3 Å². The van der Waals surface area contributed by atoms with E-state index < -0.39 is 0 Å². The molecular formula is C19H18N2O. The number of nitrogens with one attached hydrogen (secondary N) is 1. The highest BCUT2D eigenvalue weighted by atomic mass is 16.3. The van der Waals surface area contributed by atoms with E-state index >= 15 is 0 Å². The van der Waals surface area contributed by atoms with Crippen LogP contribution in [0.15, 0.2) is 88.5 Å². The van der Waals surface area contributed by atoms with E-state index in [2.05, 4.69) is 34.6 Å². The number of amidine groups is 1. The zero-order valence-corrected chi connectivity index (χ0v) is 12.4. The molecule has 0 aliphatic rings. The molecule has 0 spiro atoms. The molecule has 0 fully saturated rings. The molecule has 0 amide bonds. The number of hydrogen-bond donors (Lipinski definition) is 1. The Balaban J connectivity index is 1.96. The van der Waals surface area contributed by atoms with Crippen LogP contribution in [0, 0.1) is 0 Å². The number of aliphatic imine (C=N–C) groups is 1. The third-order valence-electron chi connectivity index (χ3n) is 3.53. The smallest absolute Gasteiger partial charge is 0.168 e. The summed E-state index contributed by atoms with van der Waals surface area (Å²) in [5.41, 5.74) is 2.36. The largest absolute Gasteiger partial charge is 0.461 e. The Morgan fingerprint density at radius 3 is 1.91 bits per heavy atom. The Bertz CT molecular complexity index is 679. The van der Waals surface area contributed by atoms with Crippen molar-refractivity contribution >= 4 is 5.84 Å². The van der Waals surface area contributed by atoms with Crippen LogP contribution in [0.25, 0.3) is 0 Å². The number of benzene rings is 2. The van der Waals surface area contributed by atoms with Gasteiger partial charge in [0.2, 0.25) is 0 Å². The summed E-state index contributed by atoms with van der Waals surface area (Å²) in [5, 5.41) is 3.50. The van der Waals surface area contributed by atoms with Gasteiger partial charge in [0.05, 0.1) is 12.3 Å². The molecule has 0 saturated carbocycles.